The fraction of sp³-hybridized carbons (Fsp3) is 0.214. The summed E-state index contributed by atoms with van der Waals surface area (Å²) in [6, 6.07) is 21.6. The summed E-state index contributed by atoms with van der Waals surface area (Å²) in [5.41, 5.74) is 3.58. The summed E-state index contributed by atoms with van der Waals surface area (Å²) < 4.78 is 8.87. The average Bonchev–Trinajstić information content (AvgIpc) is 3.51. The quantitative estimate of drug-likeness (QED) is 0.268. The molecule has 0 spiro atoms. The van der Waals surface area contributed by atoms with E-state index in [9.17, 15) is 9.59 Å². The van der Waals surface area contributed by atoms with Crippen LogP contribution in [0.2, 0.25) is 0 Å². The zero-order chi connectivity index (χ0) is 25.5. The SMILES string of the molecule is CC(OC(=O)/C=C/c1cn(Cc2ccccc2)nc1-c1ccccc1)C(=O)Nc1ccnn1C(C)C. The Labute approximate surface area is 210 Å². The maximum absolute atomic E-state index is 12.5. The Morgan fingerprint density at radius 1 is 1.00 bits per heavy atom. The Bertz CT molecular complexity index is 1340. The van der Waals surface area contributed by atoms with Gasteiger partial charge in [0.15, 0.2) is 6.10 Å². The van der Waals surface area contributed by atoms with Gasteiger partial charge in [-0.2, -0.15) is 10.2 Å². The molecular formula is C28H29N5O3. The zero-order valence-electron chi connectivity index (χ0n) is 20.5. The highest BCUT2D eigenvalue weighted by molar-refractivity contribution is 5.96. The van der Waals surface area contributed by atoms with Gasteiger partial charge in [-0.05, 0) is 32.4 Å². The molecule has 1 atom stereocenters. The molecule has 4 aromatic rings. The highest BCUT2D eigenvalue weighted by Gasteiger charge is 2.19. The third kappa shape index (κ3) is 6.15. The van der Waals surface area contributed by atoms with Gasteiger partial charge >= 0.3 is 5.97 Å². The fourth-order valence-corrected chi connectivity index (χ4v) is 3.71. The molecule has 0 fully saturated rings. The molecule has 0 bridgehead atoms. The molecule has 1 unspecified atom stereocenters. The van der Waals surface area contributed by atoms with E-state index in [-0.39, 0.29) is 6.04 Å². The minimum Gasteiger partial charge on any atom is -0.449 e. The number of carbonyl (C=O) groups is 2. The van der Waals surface area contributed by atoms with Gasteiger partial charge in [0.05, 0.1) is 18.4 Å². The van der Waals surface area contributed by atoms with E-state index in [1.807, 2.05) is 85.4 Å². The van der Waals surface area contributed by atoms with Crippen molar-refractivity contribution < 1.29 is 14.3 Å². The van der Waals surface area contributed by atoms with Gasteiger partial charge in [0.1, 0.15) is 5.82 Å². The Kier molecular flexibility index (Phi) is 7.75. The molecular weight excluding hydrogens is 454 g/mol. The highest BCUT2D eigenvalue weighted by Crippen LogP contribution is 2.23. The Hall–Kier alpha value is -4.46. The first-order valence-corrected chi connectivity index (χ1v) is 11.8. The molecule has 1 amide bonds. The third-order valence-electron chi connectivity index (χ3n) is 5.50. The third-order valence-corrected chi connectivity index (χ3v) is 5.50. The first-order chi connectivity index (χ1) is 17.4. The molecule has 0 saturated heterocycles. The van der Waals surface area contributed by atoms with Crippen molar-refractivity contribution in [3.63, 3.8) is 0 Å². The number of hydrogen-bond donors (Lipinski definition) is 1. The van der Waals surface area contributed by atoms with Crippen LogP contribution in [-0.2, 0) is 20.9 Å². The first-order valence-electron chi connectivity index (χ1n) is 11.8. The molecule has 0 aliphatic heterocycles. The van der Waals surface area contributed by atoms with Crippen molar-refractivity contribution in [2.75, 3.05) is 5.32 Å². The van der Waals surface area contributed by atoms with E-state index in [0.29, 0.717) is 12.4 Å². The van der Waals surface area contributed by atoms with Crippen LogP contribution in [0.15, 0.2) is 85.2 Å². The van der Waals surface area contributed by atoms with E-state index in [0.717, 1.165) is 22.4 Å². The summed E-state index contributed by atoms with van der Waals surface area (Å²) in [7, 11) is 0. The lowest BCUT2D eigenvalue weighted by atomic mass is 10.1. The second kappa shape index (κ2) is 11.3. The number of carbonyl (C=O) groups excluding carboxylic acids is 2. The maximum atomic E-state index is 12.5. The van der Waals surface area contributed by atoms with E-state index < -0.39 is 18.0 Å². The van der Waals surface area contributed by atoms with Crippen molar-refractivity contribution in [1.82, 2.24) is 19.6 Å². The molecule has 8 nitrogen and oxygen atoms in total. The molecule has 184 valence electrons. The van der Waals surface area contributed by atoms with Crippen LogP contribution in [0.1, 0.15) is 37.9 Å². The molecule has 4 rings (SSSR count). The van der Waals surface area contributed by atoms with E-state index in [1.54, 1.807) is 23.0 Å². The van der Waals surface area contributed by atoms with Crippen molar-refractivity contribution in [3.05, 3.63) is 96.3 Å². The van der Waals surface area contributed by atoms with Crippen molar-refractivity contribution in [2.45, 2.75) is 39.5 Å². The average molecular weight is 484 g/mol. The molecule has 1 N–H and O–H groups in total. The fourth-order valence-electron chi connectivity index (χ4n) is 3.71. The van der Waals surface area contributed by atoms with Gasteiger partial charge in [-0.25, -0.2) is 9.48 Å². The smallest absolute Gasteiger partial charge is 0.331 e. The second-order valence-electron chi connectivity index (χ2n) is 8.64. The van der Waals surface area contributed by atoms with E-state index >= 15 is 0 Å². The summed E-state index contributed by atoms with van der Waals surface area (Å²) in [4.78, 5) is 25.1. The van der Waals surface area contributed by atoms with E-state index in [4.69, 9.17) is 9.84 Å². The van der Waals surface area contributed by atoms with Crippen molar-refractivity contribution in [1.29, 1.82) is 0 Å². The first kappa shape index (κ1) is 24.7. The van der Waals surface area contributed by atoms with Gasteiger partial charge in [-0.3, -0.25) is 9.48 Å². The summed E-state index contributed by atoms with van der Waals surface area (Å²) in [5, 5.41) is 11.7. The summed E-state index contributed by atoms with van der Waals surface area (Å²) in [6.45, 7) is 6.05. The topological polar surface area (TPSA) is 91.0 Å². The number of nitrogens with zero attached hydrogens (tertiary/aromatic N) is 4. The van der Waals surface area contributed by atoms with Gasteiger partial charge in [0, 0.05) is 35.5 Å². The van der Waals surface area contributed by atoms with Crippen LogP contribution < -0.4 is 5.32 Å². The number of hydrogen-bond acceptors (Lipinski definition) is 5. The lowest BCUT2D eigenvalue weighted by molar-refractivity contribution is -0.148. The molecule has 8 heteroatoms. The van der Waals surface area contributed by atoms with Crippen molar-refractivity contribution in [2.24, 2.45) is 0 Å². The standard InChI is InChI=1S/C28H29N5O3/c1-20(2)33-25(16-17-29-33)30-28(35)21(3)36-26(34)15-14-24-19-32(18-22-10-6-4-7-11-22)31-27(24)23-12-8-5-9-13-23/h4-17,19-21H,18H2,1-3H3,(H,30,35)/b15-14+. The van der Waals surface area contributed by atoms with Crippen LogP contribution >= 0.6 is 0 Å². The van der Waals surface area contributed by atoms with Gasteiger partial charge in [0.25, 0.3) is 5.91 Å². The van der Waals surface area contributed by atoms with E-state index in [1.165, 1.54) is 13.0 Å². The van der Waals surface area contributed by atoms with Crippen molar-refractivity contribution >= 4 is 23.8 Å². The van der Waals surface area contributed by atoms with Gasteiger partial charge in [-0.15, -0.1) is 0 Å². The molecule has 2 heterocycles. The van der Waals surface area contributed by atoms with E-state index in [2.05, 4.69) is 10.4 Å². The van der Waals surface area contributed by atoms with Gasteiger partial charge < -0.3 is 10.1 Å². The summed E-state index contributed by atoms with van der Waals surface area (Å²) in [5.74, 6) is -0.503. The summed E-state index contributed by atoms with van der Waals surface area (Å²) in [6.07, 6.45) is 5.50. The van der Waals surface area contributed by atoms with Crippen LogP contribution in [0.25, 0.3) is 17.3 Å². The second-order valence-corrected chi connectivity index (χ2v) is 8.64. The Morgan fingerprint density at radius 3 is 2.39 bits per heavy atom. The number of rotatable bonds is 9. The normalized spacial score (nSPS) is 12.1. The minimum absolute atomic E-state index is 0.0812. The lowest BCUT2D eigenvalue weighted by Gasteiger charge is -2.15. The minimum atomic E-state index is -0.980. The van der Waals surface area contributed by atoms with Gasteiger partial charge in [-0.1, -0.05) is 60.7 Å². The van der Waals surface area contributed by atoms with Crippen LogP contribution in [0.3, 0.4) is 0 Å². The maximum Gasteiger partial charge on any atom is 0.331 e. The molecule has 0 radical (unpaired) electrons. The molecule has 0 saturated carbocycles. The van der Waals surface area contributed by atoms with Crippen LogP contribution in [0.4, 0.5) is 5.82 Å². The number of esters is 1. The highest BCUT2D eigenvalue weighted by atomic mass is 16.5. The number of benzene rings is 2. The lowest BCUT2D eigenvalue weighted by Crippen LogP contribution is -2.30. The Morgan fingerprint density at radius 2 is 1.69 bits per heavy atom. The molecule has 0 aliphatic rings. The van der Waals surface area contributed by atoms with Crippen LogP contribution in [0.5, 0.6) is 0 Å². The monoisotopic (exact) mass is 483 g/mol. The van der Waals surface area contributed by atoms with Gasteiger partial charge in [0.2, 0.25) is 0 Å². The number of anilines is 1. The number of amides is 1. The predicted octanol–water partition coefficient (Wildman–Crippen LogP) is 4.96. The molecule has 36 heavy (non-hydrogen) atoms. The number of aromatic nitrogens is 4. The molecule has 2 aromatic heterocycles. The summed E-state index contributed by atoms with van der Waals surface area (Å²) >= 11 is 0. The van der Waals surface area contributed by atoms with Crippen molar-refractivity contribution in [3.8, 4) is 11.3 Å². The number of nitrogens with one attached hydrogen (secondary N) is 1. The largest absolute Gasteiger partial charge is 0.449 e. The molecule has 0 aliphatic carbocycles. The van der Waals surface area contributed by atoms with Crippen LogP contribution in [0, 0.1) is 0 Å². The predicted molar refractivity (Wildman–Crippen MR) is 139 cm³/mol. The zero-order valence-corrected chi connectivity index (χ0v) is 20.5. The molecule has 2 aromatic carbocycles. The Balaban J connectivity index is 1.46. The number of ether oxygens (including phenoxy) is 1. The van der Waals surface area contributed by atoms with Crippen LogP contribution in [-0.4, -0.2) is 37.5 Å².